The maximum atomic E-state index is 5.01. The number of hydrogen-bond donors (Lipinski definition) is 0. The molecule has 2 heterocycles. The average Bonchev–Trinajstić information content (AvgIpc) is 2.81. The van der Waals surface area contributed by atoms with Crippen molar-refractivity contribution in [3.63, 3.8) is 0 Å². The van der Waals surface area contributed by atoms with Gasteiger partial charge in [0.2, 0.25) is 0 Å². The Morgan fingerprint density at radius 1 is 1.11 bits per heavy atom. The van der Waals surface area contributed by atoms with Gasteiger partial charge in [-0.05, 0) is 25.7 Å². The lowest BCUT2D eigenvalue weighted by Crippen LogP contribution is -2.07. The second-order valence-corrected chi connectivity index (χ2v) is 5.48. The molecule has 0 unspecified atom stereocenters. The maximum absolute atomic E-state index is 5.01. The molecule has 0 N–H and O–H groups in total. The quantitative estimate of drug-likeness (QED) is 0.811. The second kappa shape index (κ2) is 4.59. The van der Waals surface area contributed by atoms with E-state index in [4.69, 9.17) is 9.05 Å². The Morgan fingerprint density at radius 3 is 2.28 bits per heavy atom. The number of nitrogens with zero attached hydrogens (tertiary/aromatic N) is 2. The van der Waals surface area contributed by atoms with Gasteiger partial charge in [0.15, 0.2) is 0 Å². The van der Waals surface area contributed by atoms with Crippen LogP contribution in [-0.4, -0.2) is 10.3 Å². The van der Waals surface area contributed by atoms with Gasteiger partial charge in [0, 0.05) is 23.5 Å². The van der Waals surface area contributed by atoms with Crippen LogP contribution in [0.2, 0.25) is 0 Å². The van der Waals surface area contributed by atoms with Crippen LogP contribution < -0.4 is 0 Å². The third-order valence-electron chi connectivity index (χ3n) is 4.00. The topological polar surface area (TPSA) is 52.1 Å². The predicted molar refractivity (Wildman–Crippen MR) is 66.2 cm³/mol. The molecule has 0 bridgehead atoms. The van der Waals surface area contributed by atoms with Crippen molar-refractivity contribution in [3.8, 4) is 0 Å². The first-order valence-corrected chi connectivity index (χ1v) is 6.60. The molecule has 4 heteroatoms. The molecule has 2 fully saturated rings. The van der Waals surface area contributed by atoms with Crippen LogP contribution in [-0.2, 0) is 5.41 Å². The van der Waals surface area contributed by atoms with E-state index in [1.807, 2.05) is 12.1 Å². The van der Waals surface area contributed by atoms with Gasteiger partial charge >= 0.3 is 0 Å². The van der Waals surface area contributed by atoms with Crippen LogP contribution >= 0.6 is 0 Å². The number of hydrogen-bond acceptors (Lipinski definition) is 4. The predicted octanol–water partition coefficient (Wildman–Crippen LogP) is 3.67. The van der Waals surface area contributed by atoms with Gasteiger partial charge in [-0.25, -0.2) is 0 Å². The lowest BCUT2D eigenvalue weighted by molar-refractivity contribution is 0.300. The fourth-order valence-corrected chi connectivity index (χ4v) is 2.09. The van der Waals surface area contributed by atoms with Gasteiger partial charge < -0.3 is 9.05 Å². The summed E-state index contributed by atoms with van der Waals surface area (Å²) in [7, 11) is 0. The monoisotopic (exact) mass is 246 g/mol. The van der Waals surface area contributed by atoms with Crippen molar-refractivity contribution in [1.82, 2.24) is 10.3 Å². The van der Waals surface area contributed by atoms with Crippen molar-refractivity contribution in [2.24, 2.45) is 0 Å². The summed E-state index contributed by atoms with van der Waals surface area (Å²) in [4.78, 5) is 0. The Balaban J connectivity index is 0.000000111. The van der Waals surface area contributed by atoms with E-state index in [1.165, 1.54) is 32.1 Å². The van der Waals surface area contributed by atoms with Gasteiger partial charge in [0.25, 0.3) is 0 Å². The highest BCUT2D eigenvalue weighted by Gasteiger charge is 2.42. The zero-order valence-electron chi connectivity index (χ0n) is 10.6. The minimum absolute atomic E-state index is 0.344. The van der Waals surface area contributed by atoms with Gasteiger partial charge in [0.1, 0.15) is 11.5 Å². The van der Waals surface area contributed by atoms with E-state index in [0.29, 0.717) is 11.3 Å². The first-order valence-electron chi connectivity index (χ1n) is 6.60. The molecule has 18 heavy (non-hydrogen) atoms. The standard InChI is InChI=1S/2C7H9NO/c1-7(3-4-7)6-2-5-8-9-6;1-2-6(3-1)7-4-5-8-9-7/h2,5H,3-4H2,1H3;4-6H,1-3H2. The Bertz CT molecular complexity index is 468. The van der Waals surface area contributed by atoms with Gasteiger partial charge in [-0.3, -0.25) is 0 Å². The molecule has 2 aliphatic rings. The molecular formula is C14H18N2O2. The largest absolute Gasteiger partial charge is 0.361 e. The Hall–Kier alpha value is -1.58. The molecule has 2 aromatic heterocycles. The van der Waals surface area contributed by atoms with Crippen molar-refractivity contribution in [3.05, 3.63) is 36.0 Å². The molecule has 0 aliphatic heterocycles. The zero-order chi connectivity index (χ0) is 12.4. The van der Waals surface area contributed by atoms with E-state index in [2.05, 4.69) is 17.2 Å². The smallest absolute Gasteiger partial charge is 0.142 e. The van der Waals surface area contributed by atoms with Crippen LogP contribution in [0.4, 0.5) is 0 Å². The fourth-order valence-electron chi connectivity index (χ4n) is 2.09. The minimum atomic E-state index is 0.344. The molecule has 0 radical (unpaired) electrons. The molecule has 0 spiro atoms. The highest BCUT2D eigenvalue weighted by Crippen LogP contribution is 2.47. The van der Waals surface area contributed by atoms with Crippen LogP contribution in [0.15, 0.2) is 33.6 Å². The van der Waals surface area contributed by atoms with Crippen molar-refractivity contribution in [2.45, 2.75) is 50.4 Å². The van der Waals surface area contributed by atoms with Crippen molar-refractivity contribution < 1.29 is 9.05 Å². The number of rotatable bonds is 2. The summed E-state index contributed by atoms with van der Waals surface area (Å²) in [6, 6.07) is 3.91. The third-order valence-corrected chi connectivity index (χ3v) is 4.00. The van der Waals surface area contributed by atoms with Crippen molar-refractivity contribution in [2.75, 3.05) is 0 Å². The Labute approximate surface area is 106 Å². The van der Waals surface area contributed by atoms with Crippen LogP contribution in [0, 0.1) is 0 Å². The van der Waals surface area contributed by atoms with Crippen LogP contribution in [0.1, 0.15) is 56.5 Å². The van der Waals surface area contributed by atoms with Crippen molar-refractivity contribution in [1.29, 1.82) is 0 Å². The lowest BCUT2D eigenvalue weighted by atomic mass is 9.84. The van der Waals surface area contributed by atoms with Gasteiger partial charge in [-0.1, -0.05) is 23.7 Å². The summed E-state index contributed by atoms with van der Waals surface area (Å²) in [6.07, 6.45) is 9.85. The summed E-state index contributed by atoms with van der Waals surface area (Å²) >= 11 is 0. The first kappa shape index (κ1) is 11.5. The number of aromatic nitrogens is 2. The molecule has 4 nitrogen and oxygen atoms in total. The molecule has 0 amide bonds. The van der Waals surface area contributed by atoms with Crippen LogP contribution in [0.3, 0.4) is 0 Å². The molecule has 0 saturated heterocycles. The minimum Gasteiger partial charge on any atom is -0.361 e. The lowest BCUT2D eigenvalue weighted by Gasteiger charge is -2.21. The zero-order valence-corrected chi connectivity index (χ0v) is 10.6. The van der Waals surface area contributed by atoms with E-state index in [-0.39, 0.29) is 0 Å². The molecule has 2 aliphatic carbocycles. The van der Waals surface area contributed by atoms with Gasteiger partial charge in [-0.15, -0.1) is 0 Å². The summed E-state index contributed by atoms with van der Waals surface area (Å²) in [6.45, 7) is 2.20. The molecule has 0 atom stereocenters. The van der Waals surface area contributed by atoms with Gasteiger partial charge in [-0.2, -0.15) is 0 Å². The normalized spacial score (nSPS) is 20.7. The SMILES string of the molecule is CC1(c2ccno2)CC1.c1cc(C2CCC2)on1. The molecule has 2 saturated carbocycles. The fraction of sp³-hybridized carbons (Fsp3) is 0.571. The molecule has 96 valence electrons. The van der Waals surface area contributed by atoms with E-state index >= 15 is 0 Å². The third kappa shape index (κ3) is 2.33. The second-order valence-electron chi connectivity index (χ2n) is 5.48. The van der Waals surface area contributed by atoms with Gasteiger partial charge in [0.05, 0.1) is 12.4 Å². The molecule has 2 aromatic rings. The highest BCUT2D eigenvalue weighted by molar-refractivity contribution is 5.17. The molecular weight excluding hydrogens is 228 g/mol. The van der Waals surface area contributed by atoms with Crippen molar-refractivity contribution >= 4 is 0 Å². The van der Waals surface area contributed by atoms with Crippen LogP contribution in [0.5, 0.6) is 0 Å². The Kier molecular flexibility index (Phi) is 2.94. The first-order chi connectivity index (χ1) is 8.78. The Morgan fingerprint density at radius 2 is 1.83 bits per heavy atom. The highest BCUT2D eigenvalue weighted by atomic mass is 16.5. The summed E-state index contributed by atoms with van der Waals surface area (Å²) in [5.41, 5.74) is 0.344. The maximum Gasteiger partial charge on any atom is 0.142 e. The summed E-state index contributed by atoms with van der Waals surface area (Å²) < 4.78 is 10.00. The van der Waals surface area contributed by atoms with E-state index < -0.39 is 0 Å². The average molecular weight is 246 g/mol. The van der Waals surface area contributed by atoms with E-state index in [0.717, 1.165) is 11.5 Å². The summed E-state index contributed by atoms with van der Waals surface area (Å²) in [5.74, 6) is 2.80. The molecule has 4 rings (SSSR count). The van der Waals surface area contributed by atoms with E-state index in [1.54, 1.807) is 12.4 Å². The van der Waals surface area contributed by atoms with E-state index in [9.17, 15) is 0 Å². The van der Waals surface area contributed by atoms with Crippen LogP contribution in [0.25, 0.3) is 0 Å². The summed E-state index contributed by atoms with van der Waals surface area (Å²) in [5, 5.41) is 7.30. The molecule has 0 aromatic carbocycles.